The zero-order chi connectivity index (χ0) is 20.9. The van der Waals surface area contributed by atoms with E-state index in [1.165, 1.54) is 11.6 Å². The van der Waals surface area contributed by atoms with E-state index in [1.807, 2.05) is 16.8 Å². The molecule has 0 bridgehead atoms. The van der Waals surface area contributed by atoms with E-state index in [-0.39, 0.29) is 11.9 Å². The number of benzene rings is 2. The smallest absolute Gasteiger partial charge is 0.173 e. The predicted molar refractivity (Wildman–Crippen MR) is 113 cm³/mol. The summed E-state index contributed by atoms with van der Waals surface area (Å²) in [5, 5.41) is 12.5. The largest absolute Gasteiger partial charge is 0.383 e. The van der Waals surface area contributed by atoms with E-state index in [4.69, 9.17) is 4.74 Å². The van der Waals surface area contributed by atoms with Crippen LogP contribution in [0.5, 0.6) is 0 Å². The van der Waals surface area contributed by atoms with Crippen LogP contribution in [-0.2, 0) is 11.3 Å². The zero-order valence-corrected chi connectivity index (χ0v) is 17.4. The topological polar surface area (TPSA) is 59.3 Å². The molecule has 1 atom stereocenters. The van der Waals surface area contributed by atoms with Crippen molar-refractivity contribution in [2.45, 2.75) is 19.5 Å². The Morgan fingerprint density at radius 1 is 1.03 bits per heavy atom. The minimum atomic E-state index is -0.176. The molecule has 0 radical (unpaired) electrons. The standard InChI is InChI=1S/C22H27FN6O/c1-17-7-9-18(10-8-17)21(22-24-25-26-29(22)15-16-30-2)28-13-11-27(12-14-28)20-6-4-3-5-19(20)23/h3-10,21H,11-16H2,1-2H3. The number of piperazine rings is 1. The van der Waals surface area contributed by atoms with E-state index >= 15 is 0 Å². The van der Waals surface area contributed by atoms with E-state index in [9.17, 15) is 4.39 Å². The van der Waals surface area contributed by atoms with Crippen LogP contribution in [0.4, 0.5) is 10.1 Å². The summed E-state index contributed by atoms with van der Waals surface area (Å²) in [4.78, 5) is 4.48. The number of para-hydroxylation sites is 1. The Morgan fingerprint density at radius 2 is 1.77 bits per heavy atom. The number of methoxy groups -OCH3 is 1. The minimum Gasteiger partial charge on any atom is -0.383 e. The summed E-state index contributed by atoms with van der Waals surface area (Å²) < 4.78 is 21.3. The first-order valence-electron chi connectivity index (χ1n) is 10.2. The molecular weight excluding hydrogens is 383 g/mol. The second-order valence-electron chi connectivity index (χ2n) is 7.54. The van der Waals surface area contributed by atoms with E-state index in [2.05, 4.69) is 56.5 Å². The van der Waals surface area contributed by atoms with Gasteiger partial charge in [-0.05, 0) is 35.0 Å². The van der Waals surface area contributed by atoms with Gasteiger partial charge >= 0.3 is 0 Å². The number of aryl methyl sites for hydroxylation is 1. The Labute approximate surface area is 176 Å². The number of rotatable bonds is 7. The molecule has 0 saturated carbocycles. The fraction of sp³-hybridized carbons (Fsp3) is 0.409. The number of aromatic nitrogens is 4. The molecular formula is C22H27FN6O. The first-order chi connectivity index (χ1) is 14.7. The average molecular weight is 410 g/mol. The van der Waals surface area contributed by atoms with Gasteiger partial charge in [0.25, 0.3) is 0 Å². The second-order valence-corrected chi connectivity index (χ2v) is 7.54. The van der Waals surface area contributed by atoms with Crippen LogP contribution >= 0.6 is 0 Å². The molecule has 0 spiro atoms. The summed E-state index contributed by atoms with van der Waals surface area (Å²) in [5.74, 6) is 0.625. The molecule has 1 fully saturated rings. The zero-order valence-electron chi connectivity index (χ0n) is 17.4. The van der Waals surface area contributed by atoms with E-state index in [1.54, 1.807) is 13.2 Å². The van der Waals surface area contributed by atoms with Crippen molar-refractivity contribution in [3.63, 3.8) is 0 Å². The van der Waals surface area contributed by atoms with Crippen molar-refractivity contribution in [1.29, 1.82) is 0 Å². The maximum atomic E-state index is 14.2. The Bertz CT molecular complexity index is 952. The lowest BCUT2D eigenvalue weighted by Gasteiger charge is -2.40. The van der Waals surface area contributed by atoms with Crippen LogP contribution in [0.15, 0.2) is 48.5 Å². The summed E-state index contributed by atoms with van der Waals surface area (Å²) in [7, 11) is 1.67. The molecule has 1 aromatic heterocycles. The van der Waals surface area contributed by atoms with Gasteiger partial charge in [-0.25, -0.2) is 9.07 Å². The van der Waals surface area contributed by atoms with Gasteiger partial charge < -0.3 is 9.64 Å². The van der Waals surface area contributed by atoms with Crippen LogP contribution in [-0.4, -0.2) is 65.0 Å². The first-order valence-corrected chi connectivity index (χ1v) is 10.2. The van der Waals surface area contributed by atoms with Crippen LogP contribution in [0.2, 0.25) is 0 Å². The first kappa shape index (κ1) is 20.4. The predicted octanol–water partition coefficient (Wildman–Crippen LogP) is 2.68. The van der Waals surface area contributed by atoms with Gasteiger partial charge in [-0.3, -0.25) is 4.90 Å². The average Bonchev–Trinajstić information content (AvgIpc) is 3.23. The van der Waals surface area contributed by atoms with Gasteiger partial charge in [0.2, 0.25) is 0 Å². The molecule has 1 aliphatic rings. The number of tetrazole rings is 1. The summed E-state index contributed by atoms with van der Waals surface area (Å²) in [6.45, 7) is 6.25. The van der Waals surface area contributed by atoms with Crippen LogP contribution in [0.25, 0.3) is 0 Å². The van der Waals surface area contributed by atoms with Gasteiger partial charge in [0.15, 0.2) is 5.82 Å². The molecule has 1 unspecified atom stereocenters. The fourth-order valence-electron chi connectivity index (χ4n) is 3.95. The number of ether oxygens (including phenoxy) is 1. The maximum Gasteiger partial charge on any atom is 0.173 e. The molecule has 0 amide bonds. The molecule has 0 aliphatic carbocycles. The van der Waals surface area contributed by atoms with Crippen LogP contribution in [0.1, 0.15) is 23.0 Å². The van der Waals surface area contributed by atoms with Crippen LogP contribution in [0, 0.1) is 12.7 Å². The Balaban J connectivity index is 1.59. The number of hydrogen-bond donors (Lipinski definition) is 0. The number of anilines is 1. The number of nitrogens with zero attached hydrogens (tertiary/aromatic N) is 6. The van der Waals surface area contributed by atoms with Gasteiger partial charge in [0.1, 0.15) is 5.82 Å². The molecule has 2 aromatic carbocycles. The summed E-state index contributed by atoms with van der Waals surface area (Å²) in [6.07, 6.45) is 0. The molecule has 158 valence electrons. The van der Waals surface area contributed by atoms with Crippen molar-refractivity contribution in [3.8, 4) is 0 Å². The third kappa shape index (κ3) is 4.34. The fourth-order valence-corrected chi connectivity index (χ4v) is 3.95. The van der Waals surface area contributed by atoms with E-state index in [0.29, 0.717) is 18.8 Å². The highest BCUT2D eigenvalue weighted by Crippen LogP contribution is 2.30. The van der Waals surface area contributed by atoms with Crippen molar-refractivity contribution in [2.75, 3.05) is 44.8 Å². The normalized spacial score (nSPS) is 16.0. The SMILES string of the molecule is COCCn1nnnc1C(c1ccc(C)cc1)N1CCN(c2ccccc2F)CC1. The Hall–Kier alpha value is -2.84. The molecule has 1 saturated heterocycles. The van der Waals surface area contributed by atoms with Crippen molar-refractivity contribution < 1.29 is 9.13 Å². The third-order valence-electron chi connectivity index (χ3n) is 5.58. The van der Waals surface area contributed by atoms with Crippen LogP contribution in [0.3, 0.4) is 0 Å². The lowest BCUT2D eigenvalue weighted by atomic mass is 10.0. The highest BCUT2D eigenvalue weighted by Gasteiger charge is 2.31. The van der Waals surface area contributed by atoms with Gasteiger partial charge in [0.05, 0.1) is 24.9 Å². The lowest BCUT2D eigenvalue weighted by molar-refractivity contribution is 0.171. The lowest BCUT2D eigenvalue weighted by Crippen LogP contribution is -2.48. The van der Waals surface area contributed by atoms with Gasteiger partial charge in [0, 0.05) is 33.3 Å². The van der Waals surface area contributed by atoms with Crippen molar-refractivity contribution >= 4 is 5.69 Å². The van der Waals surface area contributed by atoms with Crippen molar-refractivity contribution in [3.05, 3.63) is 71.3 Å². The third-order valence-corrected chi connectivity index (χ3v) is 5.58. The maximum absolute atomic E-state index is 14.2. The van der Waals surface area contributed by atoms with Gasteiger partial charge in [-0.1, -0.05) is 42.0 Å². The molecule has 4 rings (SSSR count). The summed E-state index contributed by atoms with van der Waals surface area (Å²) >= 11 is 0. The summed E-state index contributed by atoms with van der Waals surface area (Å²) in [5.41, 5.74) is 3.02. The second kappa shape index (κ2) is 9.32. The summed E-state index contributed by atoms with van der Waals surface area (Å²) in [6, 6.07) is 15.4. The number of hydrogen-bond acceptors (Lipinski definition) is 6. The molecule has 2 heterocycles. The van der Waals surface area contributed by atoms with Crippen molar-refractivity contribution in [2.24, 2.45) is 0 Å². The minimum absolute atomic E-state index is 0.0692. The number of halogens is 1. The van der Waals surface area contributed by atoms with Gasteiger partial charge in [-0.2, -0.15) is 0 Å². The Morgan fingerprint density at radius 3 is 2.47 bits per heavy atom. The molecule has 3 aromatic rings. The molecule has 7 nitrogen and oxygen atoms in total. The highest BCUT2D eigenvalue weighted by atomic mass is 19.1. The highest BCUT2D eigenvalue weighted by molar-refractivity contribution is 5.48. The Kier molecular flexibility index (Phi) is 6.35. The quantitative estimate of drug-likeness (QED) is 0.597. The van der Waals surface area contributed by atoms with Crippen LogP contribution < -0.4 is 4.90 Å². The van der Waals surface area contributed by atoms with E-state index < -0.39 is 0 Å². The molecule has 8 heteroatoms. The van der Waals surface area contributed by atoms with Crippen molar-refractivity contribution in [1.82, 2.24) is 25.1 Å². The molecule has 0 N–H and O–H groups in total. The van der Waals surface area contributed by atoms with Gasteiger partial charge in [-0.15, -0.1) is 5.10 Å². The van der Waals surface area contributed by atoms with E-state index in [0.717, 1.165) is 37.6 Å². The monoisotopic (exact) mass is 410 g/mol. The molecule has 1 aliphatic heterocycles. The molecule has 30 heavy (non-hydrogen) atoms.